The predicted octanol–water partition coefficient (Wildman–Crippen LogP) is 1.11. The molecule has 3 N–H and O–H groups in total. The highest BCUT2D eigenvalue weighted by Gasteiger charge is 2.25. The van der Waals surface area contributed by atoms with E-state index in [2.05, 4.69) is 5.32 Å². The molecule has 1 aliphatic rings. The minimum atomic E-state index is -0.0347. The topological polar surface area (TPSA) is 67.6 Å². The van der Waals surface area contributed by atoms with Gasteiger partial charge in [-0.05, 0) is 24.1 Å². The normalized spacial score (nSPS) is 19.6. The summed E-state index contributed by atoms with van der Waals surface area (Å²) < 4.78 is 5.12. The average molecular weight is 249 g/mol. The van der Waals surface area contributed by atoms with E-state index in [0.29, 0.717) is 13.1 Å². The number of urea groups is 1. The van der Waals surface area contributed by atoms with Crippen LogP contribution in [0.4, 0.5) is 4.79 Å². The van der Waals surface area contributed by atoms with Gasteiger partial charge in [-0.1, -0.05) is 12.1 Å². The molecule has 5 heteroatoms. The Bertz CT molecular complexity index is 405. The highest BCUT2D eigenvalue weighted by molar-refractivity contribution is 5.75. The minimum Gasteiger partial charge on any atom is -0.497 e. The minimum absolute atomic E-state index is 0.0347. The van der Waals surface area contributed by atoms with Gasteiger partial charge in [0.05, 0.1) is 13.2 Å². The van der Waals surface area contributed by atoms with Gasteiger partial charge < -0.3 is 20.7 Å². The molecule has 0 bridgehead atoms. The molecule has 1 heterocycles. The van der Waals surface area contributed by atoms with Crippen LogP contribution in [0, 0.1) is 0 Å². The molecule has 1 unspecified atom stereocenters. The van der Waals surface area contributed by atoms with E-state index < -0.39 is 0 Å². The van der Waals surface area contributed by atoms with Crippen molar-refractivity contribution in [2.45, 2.75) is 12.5 Å². The molecule has 18 heavy (non-hydrogen) atoms. The molecule has 1 aromatic rings. The lowest BCUT2D eigenvalue weighted by molar-refractivity contribution is 0.176. The molecule has 1 saturated heterocycles. The molecule has 2 amide bonds. The molecule has 5 nitrogen and oxygen atoms in total. The molecule has 0 aromatic heterocycles. The second kappa shape index (κ2) is 5.73. The standard InChI is InChI=1S/C13H19N3O2/c1-18-11-4-2-10(3-5-11)12-6-8-16(9-7-14)13(17)15-12/h2-5,12H,6-9,14H2,1H3,(H,15,17). The van der Waals surface area contributed by atoms with E-state index in [-0.39, 0.29) is 12.1 Å². The van der Waals surface area contributed by atoms with Crippen LogP contribution in [0.25, 0.3) is 0 Å². The van der Waals surface area contributed by atoms with Gasteiger partial charge in [0.2, 0.25) is 0 Å². The molecular weight excluding hydrogens is 230 g/mol. The quantitative estimate of drug-likeness (QED) is 0.840. The van der Waals surface area contributed by atoms with Gasteiger partial charge in [0, 0.05) is 19.6 Å². The first kappa shape index (κ1) is 12.7. The molecule has 1 atom stereocenters. The van der Waals surface area contributed by atoms with Crippen molar-refractivity contribution in [3.8, 4) is 5.75 Å². The van der Waals surface area contributed by atoms with Gasteiger partial charge in [-0.15, -0.1) is 0 Å². The molecule has 1 fully saturated rings. The Morgan fingerprint density at radius 1 is 1.44 bits per heavy atom. The predicted molar refractivity (Wildman–Crippen MR) is 69.5 cm³/mol. The van der Waals surface area contributed by atoms with Gasteiger partial charge in [-0.3, -0.25) is 0 Å². The third kappa shape index (κ3) is 2.73. The first-order chi connectivity index (χ1) is 8.74. The zero-order valence-electron chi connectivity index (χ0n) is 10.6. The number of nitrogens with zero attached hydrogens (tertiary/aromatic N) is 1. The fourth-order valence-corrected chi connectivity index (χ4v) is 2.15. The van der Waals surface area contributed by atoms with Gasteiger partial charge in [0.25, 0.3) is 0 Å². The van der Waals surface area contributed by atoms with E-state index in [4.69, 9.17) is 10.5 Å². The Labute approximate surface area is 107 Å². The number of ether oxygens (including phenoxy) is 1. The number of nitrogens with two attached hydrogens (primary N) is 1. The van der Waals surface area contributed by atoms with Crippen LogP contribution in [0.5, 0.6) is 5.75 Å². The van der Waals surface area contributed by atoms with E-state index in [1.165, 1.54) is 0 Å². The summed E-state index contributed by atoms with van der Waals surface area (Å²) in [5, 5.41) is 3.00. The highest BCUT2D eigenvalue weighted by Crippen LogP contribution is 2.23. The fraction of sp³-hybridized carbons (Fsp3) is 0.462. The summed E-state index contributed by atoms with van der Waals surface area (Å²) in [6.07, 6.45) is 0.901. The molecule has 0 saturated carbocycles. The van der Waals surface area contributed by atoms with Crippen LogP contribution in [0.2, 0.25) is 0 Å². The Hall–Kier alpha value is -1.75. The van der Waals surface area contributed by atoms with E-state index in [0.717, 1.165) is 24.3 Å². The summed E-state index contributed by atoms with van der Waals surface area (Å²) in [7, 11) is 1.64. The van der Waals surface area contributed by atoms with E-state index in [9.17, 15) is 4.79 Å². The zero-order chi connectivity index (χ0) is 13.0. The maximum atomic E-state index is 11.8. The lowest BCUT2D eigenvalue weighted by Crippen LogP contribution is -2.49. The molecule has 2 rings (SSSR count). The summed E-state index contributed by atoms with van der Waals surface area (Å²) in [5.74, 6) is 0.825. The first-order valence-corrected chi connectivity index (χ1v) is 6.14. The van der Waals surface area contributed by atoms with Crippen molar-refractivity contribution in [3.63, 3.8) is 0 Å². The summed E-state index contributed by atoms with van der Waals surface area (Å²) in [4.78, 5) is 13.6. The van der Waals surface area contributed by atoms with E-state index in [1.807, 2.05) is 24.3 Å². The SMILES string of the molecule is COc1ccc(C2CCN(CCN)C(=O)N2)cc1. The second-order valence-electron chi connectivity index (χ2n) is 4.34. The van der Waals surface area contributed by atoms with E-state index in [1.54, 1.807) is 12.0 Å². The van der Waals surface area contributed by atoms with Gasteiger partial charge in [-0.2, -0.15) is 0 Å². The van der Waals surface area contributed by atoms with Crippen LogP contribution in [-0.4, -0.2) is 37.7 Å². The Balaban J connectivity index is 2.00. The Morgan fingerprint density at radius 2 is 2.17 bits per heavy atom. The zero-order valence-corrected chi connectivity index (χ0v) is 10.6. The summed E-state index contributed by atoms with van der Waals surface area (Å²) >= 11 is 0. The number of carbonyl (C=O) groups excluding carboxylic acids is 1. The monoisotopic (exact) mass is 249 g/mol. The third-order valence-corrected chi connectivity index (χ3v) is 3.19. The lowest BCUT2D eigenvalue weighted by atomic mass is 10.0. The molecule has 98 valence electrons. The van der Waals surface area contributed by atoms with Crippen molar-refractivity contribution < 1.29 is 9.53 Å². The highest BCUT2D eigenvalue weighted by atomic mass is 16.5. The molecule has 1 aromatic carbocycles. The van der Waals surface area contributed by atoms with Crippen LogP contribution >= 0.6 is 0 Å². The van der Waals surface area contributed by atoms with Crippen molar-refractivity contribution >= 4 is 6.03 Å². The van der Waals surface area contributed by atoms with Crippen molar-refractivity contribution in [2.75, 3.05) is 26.7 Å². The number of benzene rings is 1. The van der Waals surface area contributed by atoms with Crippen LogP contribution < -0.4 is 15.8 Å². The molecule has 0 radical (unpaired) electrons. The van der Waals surface area contributed by atoms with Crippen LogP contribution in [0.15, 0.2) is 24.3 Å². The maximum absolute atomic E-state index is 11.8. The van der Waals surface area contributed by atoms with Crippen molar-refractivity contribution in [3.05, 3.63) is 29.8 Å². The fourth-order valence-electron chi connectivity index (χ4n) is 2.15. The molecule has 1 aliphatic heterocycles. The second-order valence-corrected chi connectivity index (χ2v) is 4.34. The average Bonchev–Trinajstić information content (AvgIpc) is 2.41. The van der Waals surface area contributed by atoms with Crippen molar-refractivity contribution in [2.24, 2.45) is 5.73 Å². The number of amides is 2. The van der Waals surface area contributed by atoms with Crippen molar-refractivity contribution in [1.82, 2.24) is 10.2 Å². The van der Waals surface area contributed by atoms with E-state index >= 15 is 0 Å². The number of nitrogens with one attached hydrogen (secondary N) is 1. The Morgan fingerprint density at radius 3 is 2.72 bits per heavy atom. The summed E-state index contributed by atoms with van der Waals surface area (Å²) in [6, 6.07) is 7.84. The summed E-state index contributed by atoms with van der Waals surface area (Å²) in [6.45, 7) is 1.86. The largest absolute Gasteiger partial charge is 0.497 e. The van der Waals surface area contributed by atoms with Crippen LogP contribution in [0.1, 0.15) is 18.0 Å². The van der Waals surface area contributed by atoms with Crippen LogP contribution in [0.3, 0.4) is 0 Å². The number of hydrogen-bond acceptors (Lipinski definition) is 3. The smallest absolute Gasteiger partial charge is 0.317 e. The third-order valence-electron chi connectivity index (χ3n) is 3.19. The summed E-state index contributed by atoms with van der Waals surface area (Å²) in [5.41, 5.74) is 6.57. The van der Waals surface area contributed by atoms with Crippen LogP contribution in [-0.2, 0) is 0 Å². The molecule has 0 spiro atoms. The van der Waals surface area contributed by atoms with Gasteiger partial charge in [0.15, 0.2) is 0 Å². The Kier molecular flexibility index (Phi) is 4.04. The number of methoxy groups -OCH3 is 1. The van der Waals surface area contributed by atoms with Gasteiger partial charge in [0.1, 0.15) is 5.75 Å². The van der Waals surface area contributed by atoms with Gasteiger partial charge in [-0.25, -0.2) is 4.79 Å². The molecule has 0 aliphatic carbocycles. The van der Waals surface area contributed by atoms with Gasteiger partial charge >= 0.3 is 6.03 Å². The first-order valence-electron chi connectivity index (χ1n) is 6.14. The molecular formula is C13H19N3O2. The maximum Gasteiger partial charge on any atom is 0.317 e. The number of carbonyl (C=O) groups is 1. The number of rotatable bonds is 4. The van der Waals surface area contributed by atoms with Crippen molar-refractivity contribution in [1.29, 1.82) is 0 Å². The lowest BCUT2D eigenvalue weighted by Gasteiger charge is -2.33. The number of hydrogen-bond donors (Lipinski definition) is 2.